The van der Waals surface area contributed by atoms with Gasteiger partial charge in [0, 0.05) is 44.7 Å². The average Bonchev–Trinajstić information content (AvgIpc) is 2.72. The van der Waals surface area contributed by atoms with Crippen LogP contribution in [0.2, 0.25) is 0 Å². The van der Waals surface area contributed by atoms with Crippen molar-refractivity contribution >= 4 is 23.5 Å². The van der Waals surface area contributed by atoms with Gasteiger partial charge in [-0.05, 0) is 30.4 Å². The predicted octanol–water partition coefficient (Wildman–Crippen LogP) is 2.46. The second-order valence-electron chi connectivity index (χ2n) is 8.49. The molecule has 7 nitrogen and oxygen atoms in total. The Hall–Kier alpha value is -2.57. The third kappa shape index (κ3) is 7.35. The molecule has 1 heterocycles. The number of rotatable bonds is 9. The third-order valence-electron chi connectivity index (χ3n) is 5.34. The zero-order valence-corrected chi connectivity index (χ0v) is 18.6. The van der Waals surface area contributed by atoms with Crippen molar-refractivity contribution in [3.05, 3.63) is 30.3 Å². The Kier molecular flexibility index (Phi) is 9.15. The first kappa shape index (κ1) is 23.7. The number of methoxy groups -OCH3 is 1. The lowest BCUT2D eigenvalue weighted by atomic mass is 10.0. The van der Waals surface area contributed by atoms with Gasteiger partial charge < -0.3 is 19.9 Å². The van der Waals surface area contributed by atoms with E-state index in [9.17, 15) is 14.4 Å². The maximum absolute atomic E-state index is 12.7. The minimum Gasteiger partial charge on any atom is -0.467 e. The number of ether oxygens (including phenoxy) is 1. The molecule has 0 saturated carbocycles. The van der Waals surface area contributed by atoms with Gasteiger partial charge in [-0.2, -0.15) is 0 Å². The normalized spacial score (nSPS) is 16.2. The minimum atomic E-state index is -0.642. The second-order valence-corrected chi connectivity index (χ2v) is 8.49. The van der Waals surface area contributed by atoms with Crippen molar-refractivity contribution in [3.8, 4) is 0 Å². The fourth-order valence-corrected chi connectivity index (χ4v) is 3.75. The molecular formula is C23H35N3O4. The number of para-hydroxylation sites is 1. The van der Waals surface area contributed by atoms with E-state index in [1.54, 1.807) is 0 Å². The molecule has 1 aromatic rings. The van der Waals surface area contributed by atoms with Crippen LogP contribution in [0.15, 0.2) is 30.3 Å². The lowest BCUT2D eigenvalue weighted by molar-refractivity contribution is -0.145. The molecule has 2 unspecified atom stereocenters. The van der Waals surface area contributed by atoms with Gasteiger partial charge in [-0.1, -0.05) is 39.0 Å². The molecule has 30 heavy (non-hydrogen) atoms. The van der Waals surface area contributed by atoms with E-state index in [0.29, 0.717) is 25.9 Å². The number of esters is 1. The molecule has 0 spiro atoms. The molecule has 1 N–H and O–H groups in total. The van der Waals surface area contributed by atoms with Crippen molar-refractivity contribution in [2.24, 2.45) is 11.8 Å². The Balaban J connectivity index is 1.77. The number of hydrogen-bond donors (Lipinski definition) is 1. The molecule has 166 valence electrons. The quantitative estimate of drug-likeness (QED) is 0.625. The zero-order chi connectivity index (χ0) is 22.1. The summed E-state index contributed by atoms with van der Waals surface area (Å²) in [6, 6.07) is 9.56. The molecule has 0 radical (unpaired) electrons. The van der Waals surface area contributed by atoms with Crippen LogP contribution in [0.5, 0.6) is 0 Å². The van der Waals surface area contributed by atoms with Gasteiger partial charge in [0.25, 0.3) is 0 Å². The van der Waals surface area contributed by atoms with Crippen LogP contribution in [0, 0.1) is 11.8 Å². The lowest BCUT2D eigenvalue weighted by Crippen LogP contribution is -2.49. The van der Waals surface area contributed by atoms with Crippen molar-refractivity contribution < 1.29 is 19.1 Å². The molecular weight excluding hydrogens is 382 g/mol. The summed E-state index contributed by atoms with van der Waals surface area (Å²) in [5, 5.41) is 2.76. The van der Waals surface area contributed by atoms with Crippen LogP contribution in [0.3, 0.4) is 0 Å². The zero-order valence-electron chi connectivity index (χ0n) is 18.6. The molecule has 7 heteroatoms. The standard InChI is InChI=1S/C23H35N3O4/c1-17(2)14-20(23(29)30-4)24-21(27)15-18(3)16-22(28)26-12-10-25(11-13-26)19-8-6-5-7-9-19/h5-9,17-18,20H,10-16H2,1-4H3,(H,24,27). The van der Waals surface area contributed by atoms with Crippen molar-refractivity contribution in [1.29, 1.82) is 0 Å². The van der Waals surface area contributed by atoms with Crippen molar-refractivity contribution in [2.75, 3.05) is 38.2 Å². The van der Waals surface area contributed by atoms with Gasteiger partial charge in [0.1, 0.15) is 6.04 Å². The summed E-state index contributed by atoms with van der Waals surface area (Å²) in [6.07, 6.45) is 1.06. The van der Waals surface area contributed by atoms with Gasteiger partial charge in [-0.3, -0.25) is 9.59 Å². The summed E-state index contributed by atoms with van der Waals surface area (Å²) in [7, 11) is 1.32. The van der Waals surface area contributed by atoms with Gasteiger partial charge in [0.15, 0.2) is 0 Å². The highest BCUT2D eigenvalue weighted by Gasteiger charge is 2.26. The monoisotopic (exact) mass is 417 g/mol. The van der Waals surface area contributed by atoms with Crippen LogP contribution in [-0.2, 0) is 19.1 Å². The van der Waals surface area contributed by atoms with E-state index in [4.69, 9.17) is 4.74 Å². The number of nitrogens with one attached hydrogen (secondary N) is 1. The van der Waals surface area contributed by atoms with Crippen molar-refractivity contribution in [3.63, 3.8) is 0 Å². The van der Waals surface area contributed by atoms with E-state index in [-0.39, 0.29) is 30.1 Å². The van der Waals surface area contributed by atoms with Crippen LogP contribution in [0.4, 0.5) is 5.69 Å². The topological polar surface area (TPSA) is 78.9 Å². The minimum absolute atomic E-state index is 0.0784. The number of benzene rings is 1. The second kappa shape index (κ2) is 11.6. The first-order chi connectivity index (χ1) is 14.3. The molecule has 1 saturated heterocycles. The van der Waals surface area contributed by atoms with Gasteiger partial charge in [0.2, 0.25) is 11.8 Å². The number of piperazine rings is 1. The van der Waals surface area contributed by atoms with E-state index >= 15 is 0 Å². The molecule has 0 aliphatic carbocycles. The highest BCUT2D eigenvalue weighted by atomic mass is 16.5. The summed E-state index contributed by atoms with van der Waals surface area (Å²) < 4.78 is 4.79. The Morgan fingerprint density at radius 3 is 2.20 bits per heavy atom. The molecule has 0 bridgehead atoms. The van der Waals surface area contributed by atoms with E-state index in [1.165, 1.54) is 12.8 Å². The van der Waals surface area contributed by atoms with Crippen LogP contribution < -0.4 is 10.2 Å². The van der Waals surface area contributed by atoms with Gasteiger partial charge >= 0.3 is 5.97 Å². The lowest BCUT2D eigenvalue weighted by Gasteiger charge is -2.36. The summed E-state index contributed by atoms with van der Waals surface area (Å²) in [4.78, 5) is 41.1. The van der Waals surface area contributed by atoms with Gasteiger partial charge in [0.05, 0.1) is 7.11 Å². The molecule has 1 aliphatic rings. The van der Waals surface area contributed by atoms with Crippen LogP contribution in [0.1, 0.15) is 40.0 Å². The molecule has 2 rings (SSSR count). The number of carbonyl (C=O) groups is 3. The number of carbonyl (C=O) groups excluding carboxylic acids is 3. The van der Waals surface area contributed by atoms with Gasteiger partial charge in [-0.25, -0.2) is 4.79 Å². The van der Waals surface area contributed by atoms with Crippen LogP contribution in [0.25, 0.3) is 0 Å². The Bertz CT molecular complexity index is 700. The summed E-state index contributed by atoms with van der Waals surface area (Å²) in [6.45, 7) is 8.85. The summed E-state index contributed by atoms with van der Waals surface area (Å²) in [5.74, 6) is -0.419. The van der Waals surface area contributed by atoms with Crippen LogP contribution >= 0.6 is 0 Å². The number of nitrogens with zero attached hydrogens (tertiary/aromatic N) is 2. The van der Waals surface area contributed by atoms with Gasteiger partial charge in [-0.15, -0.1) is 0 Å². The first-order valence-corrected chi connectivity index (χ1v) is 10.7. The average molecular weight is 418 g/mol. The molecule has 2 amide bonds. The molecule has 0 aromatic heterocycles. The maximum atomic E-state index is 12.7. The smallest absolute Gasteiger partial charge is 0.328 e. The Labute approximate surface area is 179 Å². The summed E-state index contributed by atoms with van der Waals surface area (Å²) in [5.41, 5.74) is 1.18. The fraction of sp³-hybridized carbons (Fsp3) is 0.609. The SMILES string of the molecule is COC(=O)C(CC(C)C)NC(=O)CC(C)CC(=O)N1CCN(c2ccccc2)CC1. The van der Waals surface area contributed by atoms with E-state index < -0.39 is 12.0 Å². The number of hydrogen-bond acceptors (Lipinski definition) is 5. The Morgan fingerprint density at radius 1 is 1.00 bits per heavy atom. The van der Waals surface area contributed by atoms with E-state index in [0.717, 1.165) is 13.1 Å². The van der Waals surface area contributed by atoms with E-state index in [2.05, 4.69) is 22.3 Å². The number of anilines is 1. The highest BCUT2D eigenvalue weighted by Crippen LogP contribution is 2.17. The largest absolute Gasteiger partial charge is 0.467 e. The van der Waals surface area contributed by atoms with Crippen molar-refractivity contribution in [2.45, 2.75) is 46.1 Å². The fourth-order valence-electron chi connectivity index (χ4n) is 3.75. The van der Waals surface area contributed by atoms with E-state index in [1.807, 2.05) is 43.9 Å². The molecule has 1 aliphatic heterocycles. The predicted molar refractivity (Wildman–Crippen MR) is 117 cm³/mol. The van der Waals surface area contributed by atoms with Crippen LogP contribution in [-0.4, -0.2) is 62.0 Å². The van der Waals surface area contributed by atoms with Crippen molar-refractivity contribution in [1.82, 2.24) is 10.2 Å². The number of amides is 2. The summed E-state index contributed by atoms with van der Waals surface area (Å²) >= 11 is 0. The maximum Gasteiger partial charge on any atom is 0.328 e. The first-order valence-electron chi connectivity index (χ1n) is 10.7. The molecule has 2 atom stereocenters. The third-order valence-corrected chi connectivity index (χ3v) is 5.34. The highest BCUT2D eigenvalue weighted by molar-refractivity contribution is 5.85. The molecule has 1 fully saturated rings. The molecule has 1 aromatic carbocycles. The Morgan fingerprint density at radius 2 is 1.63 bits per heavy atom.